The summed E-state index contributed by atoms with van der Waals surface area (Å²) in [5.41, 5.74) is 2.82. The van der Waals surface area contributed by atoms with Crippen LogP contribution in [0.1, 0.15) is 37.8 Å². The van der Waals surface area contributed by atoms with E-state index in [2.05, 4.69) is 23.7 Å². The number of nitrogens with zero attached hydrogens (tertiary/aromatic N) is 3. The second kappa shape index (κ2) is 7.92. The average molecular weight is 438 g/mol. The van der Waals surface area contributed by atoms with E-state index in [1.54, 1.807) is 16.5 Å². The van der Waals surface area contributed by atoms with Crippen LogP contribution in [0, 0.1) is 11.8 Å². The first kappa shape index (κ1) is 19.9. The van der Waals surface area contributed by atoms with Crippen LogP contribution in [-0.4, -0.2) is 34.6 Å². The van der Waals surface area contributed by atoms with Crippen molar-refractivity contribution in [2.45, 2.75) is 38.3 Å². The SMILES string of the molecule is C=CCOc1ccc(C2C3=C(OC4CCC(C)CC4C3=O)C(=O)N2c2nncs2)cc1. The van der Waals surface area contributed by atoms with Gasteiger partial charge in [0.25, 0.3) is 5.91 Å². The summed E-state index contributed by atoms with van der Waals surface area (Å²) in [6.07, 6.45) is 4.03. The Bertz CT molecular complexity index is 1050. The number of benzene rings is 1. The summed E-state index contributed by atoms with van der Waals surface area (Å²) in [7, 11) is 0. The molecule has 3 heterocycles. The third kappa shape index (κ3) is 3.35. The molecule has 2 aromatic rings. The molecule has 1 aromatic heterocycles. The highest BCUT2D eigenvalue weighted by atomic mass is 32.1. The molecule has 31 heavy (non-hydrogen) atoms. The zero-order valence-electron chi connectivity index (χ0n) is 17.2. The van der Waals surface area contributed by atoms with Crippen LogP contribution in [0.4, 0.5) is 5.13 Å². The lowest BCUT2D eigenvalue weighted by atomic mass is 9.74. The molecule has 1 amide bonds. The van der Waals surface area contributed by atoms with Crippen LogP contribution >= 0.6 is 11.3 Å². The van der Waals surface area contributed by atoms with Crippen molar-refractivity contribution in [2.75, 3.05) is 11.5 Å². The molecule has 3 aliphatic rings. The van der Waals surface area contributed by atoms with Crippen molar-refractivity contribution in [3.63, 3.8) is 0 Å². The minimum Gasteiger partial charge on any atom is -0.490 e. The van der Waals surface area contributed by atoms with E-state index < -0.39 is 6.04 Å². The van der Waals surface area contributed by atoms with Gasteiger partial charge < -0.3 is 9.47 Å². The molecular formula is C23H23N3O4S. The fourth-order valence-electron chi connectivity index (χ4n) is 4.76. The molecule has 1 aliphatic carbocycles. The van der Waals surface area contributed by atoms with E-state index in [-0.39, 0.29) is 29.5 Å². The van der Waals surface area contributed by atoms with Crippen LogP contribution in [0.15, 0.2) is 53.8 Å². The molecule has 1 fully saturated rings. The van der Waals surface area contributed by atoms with Gasteiger partial charge in [-0.15, -0.1) is 10.2 Å². The Balaban J connectivity index is 1.57. The van der Waals surface area contributed by atoms with Gasteiger partial charge in [0.05, 0.1) is 17.5 Å². The minimum atomic E-state index is -0.588. The predicted molar refractivity (Wildman–Crippen MR) is 116 cm³/mol. The van der Waals surface area contributed by atoms with E-state index >= 15 is 0 Å². The fourth-order valence-corrected chi connectivity index (χ4v) is 5.35. The first-order valence-corrected chi connectivity index (χ1v) is 11.3. The van der Waals surface area contributed by atoms with Gasteiger partial charge in [0.1, 0.15) is 24.0 Å². The molecule has 160 valence electrons. The molecule has 0 N–H and O–H groups in total. The van der Waals surface area contributed by atoms with Gasteiger partial charge in [-0.2, -0.15) is 0 Å². The van der Waals surface area contributed by atoms with Crippen molar-refractivity contribution in [3.8, 4) is 5.75 Å². The van der Waals surface area contributed by atoms with Gasteiger partial charge in [-0.25, -0.2) is 0 Å². The average Bonchev–Trinajstić information content (AvgIpc) is 3.40. The number of hydrogen-bond acceptors (Lipinski definition) is 7. The Kier molecular flexibility index (Phi) is 5.09. The zero-order chi connectivity index (χ0) is 21.5. The lowest BCUT2D eigenvalue weighted by Crippen LogP contribution is -2.41. The largest absolute Gasteiger partial charge is 0.490 e. The first-order chi connectivity index (χ1) is 15.1. The van der Waals surface area contributed by atoms with Crippen LogP contribution in [0.5, 0.6) is 5.75 Å². The van der Waals surface area contributed by atoms with E-state index in [0.29, 0.717) is 29.0 Å². The number of carbonyl (C=O) groups is 2. The molecule has 1 aromatic carbocycles. The normalized spacial score (nSPS) is 27.6. The van der Waals surface area contributed by atoms with Crippen LogP contribution in [0.2, 0.25) is 0 Å². The Hall–Kier alpha value is -3.00. The van der Waals surface area contributed by atoms with Gasteiger partial charge in [0.15, 0.2) is 11.5 Å². The van der Waals surface area contributed by atoms with Crippen LogP contribution < -0.4 is 9.64 Å². The molecule has 0 bridgehead atoms. The maximum atomic E-state index is 13.7. The Morgan fingerprint density at radius 3 is 2.81 bits per heavy atom. The number of anilines is 1. The summed E-state index contributed by atoms with van der Waals surface area (Å²) in [5, 5.41) is 8.46. The standard InChI is InChI=1S/C23H23N3O4S/c1-3-10-29-15-7-5-14(6-8-15)19-18-20(27)16-11-13(2)4-9-17(16)30-21(18)22(28)26(19)23-25-24-12-31-23/h3,5-8,12-13,16-17,19H,1,4,9-11H2,2H3. The van der Waals surface area contributed by atoms with E-state index in [9.17, 15) is 9.59 Å². The Morgan fingerprint density at radius 1 is 1.29 bits per heavy atom. The van der Waals surface area contributed by atoms with Gasteiger partial charge in [-0.1, -0.05) is 43.0 Å². The molecule has 8 heteroatoms. The monoisotopic (exact) mass is 437 g/mol. The molecule has 4 atom stereocenters. The van der Waals surface area contributed by atoms with Gasteiger partial charge in [-0.3, -0.25) is 14.5 Å². The van der Waals surface area contributed by atoms with E-state index in [1.165, 1.54) is 11.3 Å². The van der Waals surface area contributed by atoms with Gasteiger partial charge in [-0.05, 0) is 42.9 Å². The number of ketones is 1. The molecule has 7 nitrogen and oxygen atoms in total. The van der Waals surface area contributed by atoms with Crippen LogP contribution in [0.25, 0.3) is 0 Å². The lowest BCUT2D eigenvalue weighted by molar-refractivity contribution is -0.132. The third-order valence-corrected chi connectivity index (χ3v) is 6.92. The van der Waals surface area contributed by atoms with Crippen molar-refractivity contribution in [1.29, 1.82) is 0 Å². The number of Topliss-reactive ketones (excluding diaryl/α,β-unsaturated/α-hetero) is 1. The lowest BCUT2D eigenvalue weighted by Gasteiger charge is -2.37. The first-order valence-electron chi connectivity index (χ1n) is 10.5. The van der Waals surface area contributed by atoms with E-state index in [4.69, 9.17) is 9.47 Å². The molecule has 2 aliphatic heterocycles. The number of fused-ring (bicyclic) bond motifs is 1. The minimum absolute atomic E-state index is 0.0233. The van der Waals surface area contributed by atoms with Crippen molar-refractivity contribution in [3.05, 3.63) is 59.3 Å². The highest BCUT2D eigenvalue weighted by molar-refractivity contribution is 7.13. The number of ether oxygens (including phenoxy) is 2. The number of hydrogen-bond donors (Lipinski definition) is 0. The smallest absolute Gasteiger partial charge is 0.296 e. The molecule has 0 saturated heterocycles. The predicted octanol–water partition coefficient (Wildman–Crippen LogP) is 3.85. The van der Waals surface area contributed by atoms with Gasteiger partial charge >= 0.3 is 0 Å². The molecule has 1 saturated carbocycles. The molecule has 5 rings (SSSR count). The van der Waals surface area contributed by atoms with Crippen molar-refractivity contribution in [1.82, 2.24) is 10.2 Å². The second-order valence-electron chi connectivity index (χ2n) is 8.26. The molecule has 0 radical (unpaired) electrons. The third-order valence-electron chi connectivity index (χ3n) is 6.23. The quantitative estimate of drug-likeness (QED) is 0.661. The Labute approximate surface area is 184 Å². The number of amides is 1. The van der Waals surface area contributed by atoms with E-state index in [1.807, 2.05) is 24.3 Å². The fraction of sp³-hybridized carbons (Fsp3) is 0.391. The maximum absolute atomic E-state index is 13.7. The summed E-state index contributed by atoms with van der Waals surface area (Å²) in [5.74, 6) is 0.823. The molecular weight excluding hydrogens is 414 g/mol. The highest BCUT2D eigenvalue weighted by Gasteiger charge is 2.53. The maximum Gasteiger partial charge on any atom is 0.296 e. The summed E-state index contributed by atoms with van der Waals surface area (Å²) in [4.78, 5) is 28.6. The van der Waals surface area contributed by atoms with E-state index in [0.717, 1.165) is 24.8 Å². The van der Waals surface area contributed by atoms with Gasteiger partial charge in [0.2, 0.25) is 5.13 Å². The summed E-state index contributed by atoms with van der Waals surface area (Å²) in [6, 6.07) is 6.83. The number of aromatic nitrogens is 2. The summed E-state index contributed by atoms with van der Waals surface area (Å²) in [6.45, 7) is 6.23. The van der Waals surface area contributed by atoms with Crippen molar-refractivity contribution < 1.29 is 19.1 Å². The van der Waals surface area contributed by atoms with Gasteiger partial charge in [0, 0.05) is 0 Å². The summed E-state index contributed by atoms with van der Waals surface area (Å²) >= 11 is 1.26. The molecule has 0 spiro atoms. The van der Waals surface area contributed by atoms with Crippen molar-refractivity contribution in [2.24, 2.45) is 11.8 Å². The topological polar surface area (TPSA) is 81.6 Å². The highest BCUT2D eigenvalue weighted by Crippen LogP contribution is 2.49. The number of carbonyl (C=O) groups excluding carboxylic acids is 2. The number of rotatable bonds is 5. The van der Waals surface area contributed by atoms with Crippen LogP contribution in [0.3, 0.4) is 0 Å². The summed E-state index contributed by atoms with van der Waals surface area (Å²) < 4.78 is 11.8. The Morgan fingerprint density at radius 2 is 2.10 bits per heavy atom. The second-order valence-corrected chi connectivity index (χ2v) is 9.07. The molecule has 4 unspecified atom stereocenters. The van der Waals surface area contributed by atoms with Crippen LogP contribution in [-0.2, 0) is 14.3 Å². The van der Waals surface area contributed by atoms with Crippen molar-refractivity contribution >= 4 is 28.2 Å². The zero-order valence-corrected chi connectivity index (χ0v) is 18.0.